The first-order valence-corrected chi connectivity index (χ1v) is 5.67. The molecular formula is C13H16FNO2. The third-order valence-corrected chi connectivity index (χ3v) is 3.29. The number of aryl methyl sites for hydroxylation is 1. The van der Waals surface area contributed by atoms with Gasteiger partial charge in [-0.3, -0.25) is 9.69 Å². The van der Waals surface area contributed by atoms with Gasteiger partial charge in [-0.2, -0.15) is 0 Å². The van der Waals surface area contributed by atoms with Crippen LogP contribution in [0.25, 0.3) is 0 Å². The maximum Gasteiger partial charge on any atom is 0.308 e. The molecule has 1 N–H and O–H groups in total. The number of carboxylic acid groups (broad SMARTS) is 1. The maximum absolute atomic E-state index is 13.1. The SMILES string of the molecule is Cc1cc(CN(C)C2CC2C(=O)O)ccc1F. The molecule has 1 aliphatic rings. The first-order chi connectivity index (χ1) is 7.99. The van der Waals surface area contributed by atoms with Gasteiger partial charge in [0.1, 0.15) is 5.82 Å². The molecule has 0 spiro atoms. The van der Waals surface area contributed by atoms with Crippen LogP contribution in [0.5, 0.6) is 0 Å². The number of nitrogens with zero attached hydrogens (tertiary/aromatic N) is 1. The highest BCUT2D eigenvalue weighted by Gasteiger charge is 2.45. The number of hydrogen-bond acceptors (Lipinski definition) is 2. The largest absolute Gasteiger partial charge is 0.481 e. The molecule has 0 heterocycles. The third kappa shape index (κ3) is 2.64. The molecule has 2 rings (SSSR count). The highest BCUT2D eigenvalue weighted by Crippen LogP contribution is 2.35. The van der Waals surface area contributed by atoms with Crippen molar-refractivity contribution in [2.45, 2.75) is 25.9 Å². The van der Waals surface area contributed by atoms with Gasteiger partial charge in [-0.15, -0.1) is 0 Å². The van der Waals surface area contributed by atoms with Crippen LogP contribution in [0.1, 0.15) is 17.5 Å². The lowest BCUT2D eigenvalue weighted by molar-refractivity contribution is -0.138. The molecular weight excluding hydrogens is 221 g/mol. The van der Waals surface area contributed by atoms with Crippen LogP contribution in [0, 0.1) is 18.7 Å². The van der Waals surface area contributed by atoms with E-state index >= 15 is 0 Å². The van der Waals surface area contributed by atoms with Gasteiger partial charge in [0.15, 0.2) is 0 Å². The Morgan fingerprint density at radius 1 is 1.59 bits per heavy atom. The minimum absolute atomic E-state index is 0.123. The standard InChI is InChI=1S/C13H16FNO2/c1-8-5-9(3-4-11(8)14)7-15(2)12-6-10(12)13(16)17/h3-5,10,12H,6-7H2,1-2H3,(H,16,17). The van der Waals surface area contributed by atoms with E-state index in [1.54, 1.807) is 13.0 Å². The fourth-order valence-electron chi connectivity index (χ4n) is 2.14. The van der Waals surface area contributed by atoms with Gasteiger partial charge in [0, 0.05) is 12.6 Å². The van der Waals surface area contributed by atoms with Crippen LogP contribution in [-0.2, 0) is 11.3 Å². The van der Waals surface area contributed by atoms with Crippen LogP contribution in [0.4, 0.5) is 4.39 Å². The van der Waals surface area contributed by atoms with Crippen LogP contribution < -0.4 is 0 Å². The van der Waals surface area contributed by atoms with Gasteiger partial charge in [-0.25, -0.2) is 4.39 Å². The van der Waals surface area contributed by atoms with Crippen LogP contribution in [0.2, 0.25) is 0 Å². The topological polar surface area (TPSA) is 40.5 Å². The average molecular weight is 237 g/mol. The van der Waals surface area contributed by atoms with Crippen molar-refractivity contribution in [1.29, 1.82) is 0 Å². The predicted molar refractivity (Wildman–Crippen MR) is 62.1 cm³/mol. The Bertz CT molecular complexity index is 447. The maximum atomic E-state index is 13.1. The quantitative estimate of drug-likeness (QED) is 0.871. The summed E-state index contributed by atoms with van der Waals surface area (Å²) in [5.41, 5.74) is 1.64. The van der Waals surface area contributed by atoms with Crippen LogP contribution in [-0.4, -0.2) is 29.1 Å². The van der Waals surface area contributed by atoms with Crippen molar-refractivity contribution in [3.63, 3.8) is 0 Å². The lowest BCUT2D eigenvalue weighted by Crippen LogP contribution is -2.23. The van der Waals surface area contributed by atoms with Crippen molar-refractivity contribution in [1.82, 2.24) is 4.90 Å². The van der Waals surface area contributed by atoms with E-state index in [9.17, 15) is 9.18 Å². The molecule has 17 heavy (non-hydrogen) atoms. The summed E-state index contributed by atoms with van der Waals surface area (Å²) < 4.78 is 13.1. The van der Waals surface area contributed by atoms with E-state index < -0.39 is 5.97 Å². The molecule has 0 saturated heterocycles. The molecule has 0 aromatic heterocycles. The molecule has 2 unspecified atom stereocenters. The molecule has 3 nitrogen and oxygen atoms in total. The summed E-state index contributed by atoms with van der Waals surface area (Å²) in [4.78, 5) is 12.8. The molecule has 0 aliphatic heterocycles. The van der Waals surface area contributed by atoms with E-state index in [4.69, 9.17) is 5.11 Å². The Labute approximate surface area is 99.9 Å². The molecule has 1 aromatic carbocycles. The Balaban J connectivity index is 1.97. The van der Waals surface area contributed by atoms with Crippen molar-refractivity contribution in [2.75, 3.05) is 7.05 Å². The van der Waals surface area contributed by atoms with E-state index in [-0.39, 0.29) is 17.8 Å². The highest BCUT2D eigenvalue weighted by molar-refractivity contribution is 5.74. The summed E-state index contributed by atoms with van der Waals surface area (Å²) in [5.74, 6) is -1.16. The minimum Gasteiger partial charge on any atom is -0.481 e. The van der Waals surface area contributed by atoms with Crippen molar-refractivity contribution >= 4 is 5.97 Å². The van der Waals surface area contributed by atoms with E-state index in [1.807, 2.05) is 18.0 Å². The zero-order valence-electron chi connectivity index (χ0n) is 9.98. The molecule has 92 valence electrons. The Kier molecular flexibility index (Phi) is 3.15. The molecule has 4 heteroatoms. The smallest absolute Gasteiger partial charge is 0.308 e. The van der Waals surface area contributed by atoms with Crippen molar-refractivity contribution in [2.24, 2.45) is 5.92 Å². The zero-order valence-corrected chi connectivity index (χ0v) is 9.98. The molecule has 0 amide bonds. The van der Waals surface area contributed by atoms with Crippen molar-refractivity contribution < 1.29 is 14.3 Å². The van der Waals surface area contributed by atoms with Crippen LogP contribution in [0.3, 0.4) is 0 Å². The first kappa shape index (κ1) is 12.0. The summed E-state index contributed by atoms with van der Waals surface area (Å²) >= 11 is 0. The predicted octanol–water partition coefficient (Wildman–Crippen LogP) is 2.04. The van der Waals surface area contributed by atoms with Crippen LogP contribution >= 0.6 is 0 Å². The second-order valence-corrected chi connectivity index (χ2v) is 4.75. The zero-order chi connectivity index (χ0) is 12.6. The summed E-state index contributed by atoms with van der Waals surface area (Å²) in [6, 6.07) is 5.14. The lowest BCUT2D eigenvalue weighted by Gasteiger charge is -2.16. The fourth-order valence-corrected chi connectivity index (χ4v) is 2.14. The lowest BCUT2D eigenvalue weighted by atomic mass is 10.1. The minimum atomic E-state index is -0.725. The molecule has 1 aliphatic carbocycles. The number of hydrogen-bond donors (Lipinski definition) is 1. The number of aliphatic carboxylic acids is 1. The molecule has 2 atom stereocenters. The number of halogens is 1. The molecule has 1 aromatic rings. The van der Waals surface area contributed by atoms with E-state index in [0.29, 0.717) is 18.5 Å². The molecule has 0 radical (unpaired) electrons. The summed E-state index contributed by atoms with van der Waals surface area (Å²) in [5, 5.41) is 8.84. The van der Waals surface area contributed by atoms with Gasteiger partial charge in [-0.05, 0) is 37.6 Å². The molecule has 1 fully saturated rings. The Hall–Kier alpha value is -1.42. The van der Waals surface area contributed by atoms with Gasteiger partial charge < -0.3 is 5.11 Å². The number of carbonyl (C=O) groups is 1. The van der Waals surface area contributed by atoms with Gasteiger partial charge in [0.2, 0.25) is 0 Å². The summed E-state index contributed by atoms with van der Waals surface area (Å²) in [6.07, 6.45) is 0.714. The van der Waals surface area contributed by atoms with E-state index in [2.05, 4.69) is 0 Å². The van der Waals surface area contributed by atoms with E-state index in [1.165, 1.54) is 6.07 Å². The monoisotopic (exact) mass is 237 g/mol. The molecule has 0 bridgehead atoms. The fraction of sp³-hybridized carbons (Fsp3) is 0.462. The molecule has 1 saturated carbocycles. The second kappa shape index (κ2) is 4.45. The van der Waals surface area contributed by atoms with Gasteiger partial charge in [0.05, 0.1) is 5.92 Å². The van der Waals surface area contributed by atoms with Crippen molar-refractivity contribution in [3.05, 3.63) is 35.1 Å². The van der Waals surface area contributed by atoms with Crippen LogP contribution in [0.15, 0.2) is 18.2 Å². The second-order valence-electron chi connectivity index (χ2n) is 4.75. The normalized spacial score (nSPS) is 22.8. The van der Waals surface area contributed by atoms with Crippen molar-refractivity contribution in [3.8, 4) is 0 Å². The Morgan fingerprint density at radius 3 is 2.82 bits per heavy atom. The summed E-state index contributed by atoms with van der Waals surface area (Å²) in [6.45, 7) is 2.39. The number of carboxylic acids is 1. The summed E-state index contributed by atoms with van der Waals surface area (Å²) in [7, 11) is 1.91. The van der Waals surface area contributed by atoms with Gasteiger partial charge >= 0.3 is 5.97 Å². The number of benzene rings is 1. The third-order valence-electron chi connectivity index (χ3n) is 3.29. The first-order valence-electron chi connectivity index (χ1n) is 5.67. The van der Waals surface area contributed by atoms with Gasteiger partial charge in [-0.1, -0.05) is 12.1 Å². The average Bonchev–Trinajstić information content (AvgIpc) is 3.03. The highest BCUT2D eigenvalue weighted by atomic mass is 19.1. The van der Waals surface area contributed by atoms with Gasteiger partial charge in [0.25, 0.3) is 0 Å². The number of rotatable bonds is 4. The van der Waals surface area contributed by atoms with E-state index in [0.717, 1.165) is 5.56 Å². The Morgan fingerprint density at radius 2 is 2.29 bits per heavy atom.